The summed E-state index contributed by atoms with van der Waals surface area (Å²) in [7, 11) is -3.35. The number of carbonyl (C=O) groups is 1. The molecule has 0 aliphatic rings. The van der Waals surface area contributed by atoms with Crippen molar-refractivity contribution < 1.29 is 26.4 Å². The van der Waals surface area contributed by atoms with E-state index in [2.05, 4.69) is 0 Å². The highest BCUT2D eigenvalue weighted by Gasteiger charge is 2.38. The number of rotatable bonds is 6. The van der Waals surface area contributed by atoms with Gasteiger partial charge in [-0.3, -0.25) is 4.79 Å². The van der Waals surface area contributed by atoms with Crippen LogP contribution in [0.15, 0.2) is 0 Å². The van der Waals surface area contributed by atoms with E-state index in [9.17, 15) is 26.4 Å². The van der Waals surface area contributed by atoms with Gasteiger partial charge in [0.2, 0.25) is 10.0 Å². The zero-order chi connectivity index (χ0) is 13.7. The molecule has 0 aromatic rings. The molecule has 0 bridgehead atoms. The number of hydrogen-bond acceptors (Lipinski definition) is 3. The van der Waals surface area contributed by atoms with Crippen LogP contribution < -0.4 is 5.32 Å². The summed E-state index contributed by atoms with van der Waals surface area (Å²) in [6.07, 6.45) is -3.76. The van der Waals surface area contributed by atoms with Crippen LogP contribution >= 0.6 is 0 Å². The van der Waals surface area contributed by atoms with Crippen molar-refractivity contribution in [2.45, 2.75) is 19.5 Å². The number of sulfonamides is 1. The number of hydrogen-bond donors (Lipinski definition) is 1. The van der Waals surface area contributed by atoms with E-state index < -0.39 is 22.1 Å². The fraction of sp³-hybridized carbons (Fsp3) is 0.875. The van der Waals surface area contributed by atoms with Crippen LogP contribution in [0.3, 0.4) is 0 Å². The Morgan fingerprint density at radius 1 is 1.35 bits per heavy atom. The van der Waals surface area contributed by atoms with Crippen LogP contribution in [-0.4, -0.2) is 50.7 Å². The molecule has 0 unspecified atom stereocenters. The first-order valence-electron chi connectivity index (χ1n) is 4.89. The molecule has 17 heavy (non-hydrogen) atoms. The normalized spacial score (nSPS) is 12.8. The van der Waals surface area contributed by atoms with E-state index in [0.717, 1.165) is 10.6 Å². The lowest BCUT2D eigenvalue weighted by Gasteiger charge is -2.17. The van der Waals surface area contributed by atoms with Crippen LogP contribution in [0.2, 0.25) is 0 Å². The zero-order valence-corrected chi connectivity index (χ0v) is 10.4. The fourth-order valence-corrected chi connectivity index (χ4v) is 2.05. The van der Waals surface area contributed by atoms with E-state index in [1.807, 2.05) is 0 Å². The summed E-state index contributed by atoms with van der Waals surface area (Å²) < 4.78 is 58.7. The summed E-state index contributed by atoms with van der Waals surface area (Å²) in [6.45, 7) is 1.72. The Balaban J connectivity index is 3.97. The maximum atomic E-state index is 11.8. The Morgan fingerprint density at radius 2 is 1.88 bits per heavy atom. The van der Waals surface area contributed by atoms with E-state index >= 15 is 0 Å². The summed E-state index contributed by atoms with van der Waals surface area (Å²) in [5.41, 5.74) is 0. The molecule has 1 amide bonds. The average molecular weight is 276 g/mol. The highest BCUT2D eigenvalue weighted by molar-refractivity contribution is 7.88. The van der Waals surface area contributed by atoms with Gasteiger partial charge in [-0.05, 0) is 6.42 Å². The maximum absolute atomic E-state index is 11.8. The Morgan fingerprint density at radius 3 is 2.24 bits per heavy atom. The highest BCUT2D eigenvalue weighted by atomic mass is 32.2. The van der Waals surface area contributed by atoms with Crippen molar-refractivity contribution in [2.24, 2.45) is 0 Å². The molecular formula is C8H15F3N2O3S. The molecule has 0 spiro atoms. The molecule has 0 saturated heterocycles. The van der Waals surface area contributed by atoms with Crippen molar-refractivity contribution in [1.82, 2.24) is 9.62 Å². The lowest BCUT2D eigenvalue weighted by Crippen LogP contribution is -2.39. The van der Waals surface area contributed by atoms with Gasteiger partial charge in [-0.1, -0.05) is 6.92 Å². The predicted octanol–water partition coefficient (Wildman–Crippen LogP) is 0.336. The van der Waals surface area contributed by atoms with Gasteiger partial charge in [0.1, 0.15) is 0 Å². The van der Waals surface area contributed by atoms with Crippen molar-refractivity contribution in [2.75, 3.05) is 25.9 Å². The standard InChI is InChI=1S/C8H15F3N2O3S/c1-3-13(17(2,15)16)6-4-5-12-7(14)8(9,10)11/h3-6H2,1-2H3,(H,12,14). The molecule has 0 heterocycles. The Labute approximate surface area is 98.0 Å². The molecule has 0 rings (SSSR count). The Bertz CT molecular complexity index is 354. The van der Waals surface area contributed by atoms with Gasteiger partial charge in [0.15, 0.2) is 0 Å². The number of carbonyl (C=O) groups excluding carboxylic acids is 1. The minimum atomic E-state index is -4.90. The molecule has 0 radical (unpaired) electrons. The summed E-state index contributed by atoms with van der Waals surface area (Å²) >= 11 is 0. The molecule has 102 valence electrons. The summed E-state index contributed by atoms with van der Waals surface area (Å²) in [6, 6.07) is 0. The second kappa shape index (κ2) is 6.20. The van der Waals surface area contributed by atoms with Crippen molar-refractivity contribution in [3.63, 3.8) is 0 Å². The van der Waals surface area contributed by atoms with Crippen molar-refractivity contribution in [3.05, 3.63) is 0 Å². The van der Waals surface area contributed by atoms with Gasteiger partial charge >= 0.3 is 12.1 Å². The molecule has 0 aliphatic heterocycles. The van der Waals surface area contributed by atoms with Crippen LogP contribution in [0.5, 0.6) is 0 Å². The van der Waals surface area contributed by atoms with Gasteiger partial charge < -0.3 is 5.32 Å². The second-order valence-electron chi connectivity index (χ2n) is 3.36. The Kier molecular flexibility index (Phi) is 5.89. The fourth-order valence-electron chi connectivity index (χ4n) is 1.12. The SMILES string of the molecule is CCN(CCCNC(=O)C(F)(F)F)S(C)(=O)=O. The van der Waals surface area contributed by atoms with Crippen LogP contribution in [-0.2, 0) is 14.8 Å². The smallest absolute Gasteiger partial charge is 0.348 e. The lowest BCUT2D eigenvalue weighted by molar-refractivity contribution is -0.173. The van der Waals surface area contributed by atoms with E-state index in [1.54, 1.807) is 12.2 Å². The molecular weight excluding hydrogens is 261 g/mol. The molecule has 0 aromatic carbocycles. The topological polar surface area (TPSA) is 66.5 Å². The van der Waals surface area contributed by atoms with Crippen molar-refractivity contribution >= 4 is 15.9 Å². The molecule has 0 saturated carbocycles. The van der Waals surface area contributed by atoms with Gasteiger partial charge in [-0.15, -0.1) is 0 Å². The number of nitrogens with one attached hydrogen (secondary N) is 1. The molecule has 1 N–H and O–H groups in total. The van der Waals surface area contributed by atoms with E-state index in [0.29, 0.717) is 0 Å². The van der Waals surface area contributed by atoms with E-state index in [1.165, 1.54) is 0 Å². The summed E-state index contributed by atoms with van der Waals surface area (Å²) in [5.74, 6) is -2.01. The number of nitrogens with zero attached hydrogens (tertiary/aromatic N) is 1. The third-order valence-corrected chi connectivity index (χ3v) is 3.33. The monoisotopic (exact) mass is 276 g/mol. The highest BCUT2D eigenvalue weighted by Crippen LogP contribution is 2.13. The molecule has 0 aromatic heterocycles. The summed E-state index contributed by atoms with van der Waals surface area (Å²) in [4.78, 5) is 10.4. The van der Waals surface area contributed by atoms with Gasteiger partial charge in [0, 0.05) is 19.6 Å². The summed E-state index contributed by atoms with van der Waals surface area (Å²) in [5, 5.41) is 1.67. The molecule has 0 aliphatic carbocycles. The van der Waals surface area contributed by atoms with E-state index in [-0.39, 0.29) is 26.1 Å². The first-order chi connectivity index (χ1) is 7.59. The van der Waals surface area contributed by atoms with Crippen LogP contribution in [0.25, 0.3) is 0 Å². The van der Waals surface area contributed by atoms with Gasteiger partial charge in [0.25, 0.3) is 0 Å². The third kappa shape index (κ3) is 6.47. The van der Waals surface area contributed by atoms with Gasteiger partial charge in [0.05, 0.1) is 6.26 Å². The maximum Gasteiger partial charge on any atom is 0.471 e. The number of halogens is 3. The first-order valence-corrected chi connectivity index (χ1v) is 6.74. The zero-order valence-electron chi connectivity index (χ0n) is 9.54. The molecule has 0 atom stereocenters. The van der Waals surface area contributed by atoms with Gasteiger partial charge in [-0.2, -0.15) is 13.2 Å². The van der Waals surface area contributed by atoms with Crippen LogP contribution in [0.1, 0.15) is 13.3 Å². The number of amides is 1. The average Bonchev–Trinajstić information content (AvgIpc) is 2.13. The third-order valence-electron chi connectivity index (χ3n) is 1.95. The lowest BCUT2D eigenvalue weighted by atomic mass is 10.4. The number of alkyl halides is 3. The molecule has 9 heteroatoms. The molecule has 5 nitrogen and oxygen atoms in total. The quantitative estimate of drug-likeness (QED) is 0.711. The van der Waals surface area contributed by atoms with Crippen LogP contribution in [0.4, 0.5) is 13.2 Å². The Hall–Kier alpha value is -0.830. The van der Waals surface area contributed by atoms with Crippen LogP contribution in [0, 0.1) is 0 Å². The minimum Gasteiger partial charge on any atom is -0.348 e. The minimum absolute atomic E-state index is 0.0769. The van der Waals surface area contributed by atoms with E-state index in [4.69, 9.17) is 0 Å². The largest absolute Gasteiger partial charge is 0.471 e. The predicted molar refractivity (Wildman–Crippen MR) is 55.8 cm³/mol. The molecule has 0 fully saturated rings. The second-order valence-corrected chi connectivity index (χ2v) is 5.34. The first kappa shape index (κ1) is 16.2. The van der Waals surface area contributed by atoms with Crippen molar-refractivity contribution in [1.29, 1.82) is 0 Å². The van der Waals surface area contributed by atoms with Gasteiger partial charge in [-0.25, -0.2) is 12.7 Å². The van der Waals surface area contributed by atoms with Crippen molar-refractivity contribution in [3.8, 4) is 0 Å².